The van der Waals surface area contributed by atoms with Gasteiger partial charge in [0, 0.05) is 19.1 Å². The van der Waals surface area contributed by atoms with Crippen LogP contribution in [0.4, 0.5) is 10.5 Å². The molecule has 0 radical (unpaired) electrons. The van der Waals surface area contributed by atoms with Crippen molar-refractivity contribution in [1.29, 1.82) is 0 Å². The molecule has 1 heterocycles. The Morgan fingerprint density at radius 3 is 2.47 bits per heavy atom. The predicted octanol–water partition coefficient (Wildman–Crippen LogP) is 3.18. The van der Waals surface area contributed by atoms with Gasteiger partial charge < -0.3 is 10.1 Å². The number of urea groups is 1. The minimum atomic E-state index is -1.19. The minimum absolute atomic E-state index is 0.0124. The summed E-state index contributed by atoms with van der Waals surface area (Å²) >= 11 is 0. The van der Waals surface area contributed by atoms with Crippen molar-refractivity contribution in [2.24, 2.45) is 0 Å². The van der Waals surface area contributed by atoms with Crippen LogP contribution in [-0.4, -0.2) is 34.3 Å². The van der Waals surface area contributed by atoms with E-state index in [0.29, 0.717) is 5.56 Å². The summed E-state index contributed by atoms with van der Waals surface area (Å²) in [5, 5.41) is 13.9. The minimum Gasteiger partial charge on any atom is -0.463 e. The van der Waals surface area contributed by atoms with Crippen molar-refractivity contribution in [1.82, 2.24) is 10.2 Å². The molecule has 1 N–H and O–H groups in total. The zero-order valence-corrected chi connectivity index (χ0v) is 16.3. The second-order valence-corrected chi connectivity index (χ2v) is 6.45. The van der Waals surface area contributed by atoms with Crippen LogP contribution in [0.5, 0.6) is 0 Å². The third-order valence-corrected chi connectivity index (χ3v) is 4.55. The highest BCUT2D eigenvalue weighted by Gasteiger charge is 2.42. The Morgan fingerprint density at radius 1 is 1.17 bits per heavy atom. The molecule has 3 amide bonds. The summed E-state index contributed by atoms with van der Waals surface area (Å²) < 4.78 is 5.21. The summed E-state index contributed by atoms with van der Waals surface area (Å²) in [5.74, 6) is -1.36. The van der Waals surface area contributed by atoms with E-state index < -0.39 is 28.9 Å². The normalized spacial score (nSPS) is 16.1. The Balaban J connectivity index is 2.32. The SMILES string of the molecule is CCOC(=O)C1=C(c2ccccc2)NC(=O)N(C(C)=O)[C@@H]1c1cccc([N+](=O)[O-])c1. The van der Waals surface area contributed by atoms with Gasteiger partial charge in [-0.1, -0.05) is 42.5 Å². The third kappa shape index (κ3) is 3.90. The number of esters is 1. The van der Waals surface area contributed by atoms with E-state index in [2.05, 4.69) is 5.32 Å². The number of nitrogens with one attached hydrogen (secondary N) is 1. The third-order valence-electron chi connectivity index (χ3n) is 4.55. The predicted molar refractivity (Wildman–Crippen MR) is 107 cm³/mol. The van der Waals surface area contributed by atoms with Gasteiger partial charge in [0.05, 0.1) is 22.8 Å². The molecule has 9 nitrogen and oxygen atoms in total. The molecule has 30 heavy (non-hydrogen) atoms. The van der Waals surface area contributed by atoms with Gasteiger partial charge in [-0.2, -0.15) is 0 Å². The van der Waals surface area contributed by atoms with Gasteiger partial charge in [0.15, 0.2) is 0 Å². The van der Waals surface area contributed by atoms with Crippen LogP contribution in [0, 0.1) is 10.1 Å². The number of nitro groups is 1. The van der Waals surface area contributed by atoms with Crippen LogP contribution in [-0.2, 0) is 14.3 Å². The molecule has 0 bridgehead atoms. The lowest BCUT2D eigenvalue weighted by Gasteiger charge is -2.36. The topological polar surface area (TPSA) is 119 Å². The smallest absolute Gasteiger partial charge is 0.338 e. The highest BCUT2D eigenvalue weighted by molar-refractivity contribution is 6.08. The fraction of sp³-hybridized carbons (Fsp3) is 0.190. The zero-order valence-electron chi connectivity index (χ0n) is 16.3. The van der Waals surface area contributed by atoms with Crippen LogP contribution in [0.2, 0.25) is 0 Å². The number of hydrogen-bond donors (Lipinski definition) is 1. The molecule has 2 aromatic carbocycles. The zero-order chi connectivity index (χ0) is 21.8. The summed E-state index contributed by atoms with van der Waals surface area (Å²) in [4.78, 5) is 49.6. The first-order valence-corrected chi connectivity index (χ1v) is 9.17. The van der Waals surface area contributed by atoms with Gasteiger partial charge in [-0.25, -0.2) is 9.59 Å². The average Bonchev–Trinajstić information content (AvgIpc) is 2.73. The van der Waals surface area contributed by atoms with E-state index in [9.17, 15) is 24.5 Å². The van der Waals surface area contributed by atoms with Gasteiger partial charge in [-0.15, -0.1) is 0 Å². The number of rotatable bonds is 5. The van der Waals surface area contributed by atoms with E-state index in [4.69, 9.17) is 4.74 Å². The van der Waals surface area contributed by atoms with Gasteiger partial charge in [0.2, 0.25) is 5.91 Å². The Bertz CT molecular complexity index is 1050. The Kier molecular flexibility index (Phi) is 5.91. The molecule has 1 aliphatic heterocycles. The first-order chi connectivity index (χ1) is 14.3. The van der Waals surface area contributed by atoms with Crippen molar-refractivity contribution in [2.45, 2.75) is 19.9 Å². The molecular weight excluding hydrogens is 390 g/mol. The number of ether oxygens (including phenoxy) is 1. The average molecular weight is 409 g/mol. The van der Waals surface area contributed by atoms with Crippen molar-refractivity contribution < 1.29 is 24.0 Å². The standard InChI is InChI=1S/C21H19N3O6/c1-3-30-20(26)17-18(14-8-5-4-6-9-14)22-21(27)23(13(2)25)19(17)15-10-7-11-16(12-15)24(28)29/h4-12,19H,3H2,1-2H3,(H,22,27)/t19-/m1/s1. The molecule has 0 aromatic heterocycles. The molecule has 1 aliphatic rings. The molecular formula is C21H19N3O6. The number of carbonyl (C=O) groups is 3. The van der Waals surface area contributed by atoms with Gasteiger partial charge in [0.1, 0.15) is 6.04 Å². The van der Waals surface area contributed by atoms with Crippen molar-refractivity contribution in [3.63, 3.8) is 0 Å². The Labute approximate surface area is 172 Å². The molecule has 0 saturated carbocycles. The van der Waals surface area contributed by atoms with E-state index in [1.165, 1.54) is 31.2 Å². The van der Waals surface area contributed by atoms with E-state index in [-0.39, 0.29) is 29.1 Å². The number of non-ortho nitro benzene ring substituents is 1. The van der Waals surface area contributed by atoms with E-state index in [1.54, 1.807) is 37.3 Å². The molecule has 0 saturated heterocycles. The van der Waals surface area contributed by atoms with E-state index >= 15 is 0 Å². The lowest BCUT2D eigenvalue weighted by Crippen LogP contribution is -2.50. The van der Waals surface area contributed by atoms with Crippen LogP contribution >= 0.6 is 0 Å². The fourth-order valence-corrected chi connectivity index (χ4v) is 3.32. The maximum Gasteiger partial charge on any atom is 0.338 e. The lowest BCUT2D eigenvalue weighted by molar-refractivity contribution is -0.384. The number of carbonyl (C=O) groups excluding carboxylic acids is 3. The highest BCUT2D eigenvalue weighted by atomic mass is 16.6. The first-order valence-electron chi connectivity index (χ1n) is 9.17. The van der Waals surface area contributed by atoms with Crippen LogP contribution in [0.1, 0.15) is 31.0 Å². The van der Waals surface area contributed by atoms with Crippen LogP contribution in [0.15, 0.2) is 60.2 Å². The summed E-state index contributed by atoms with van der Waals surface area (Å²) in [5.41, 5.74) is 0.746. The Morgan fingerprint density at radius 2 is 1.87 bits per heavy atom. The summed E-state index contributed by atoms with van der Waals surface area (Å²) in [6, 6.07) is 12.2. The molecule has 0 spiro atoms. The number of hydrogen-bond acceptors (Lipinski definition) is 6. The van der Waals surface area contributed by atoms with Crippen molar-refractivity contribution in [3.05, 3.63) is 81.4 Å². The molecule has 1 atom stereocenters. The Hall–Kier alpha value is -4.01. The molecule has 0 aliphatic carbocycles. The van der Waals surface area contributed by atoms with E-state index in [1.807, 2.05) is 0 Å². The molecule has 9 heteroatoms. The second kappa shape index (κ2) is 8.56. The molecule has 2 aromatic rings. The molecule has 0 fully saturated rings. The first kappa shape index (κ1) is 20.7. The molecule has 0 unspecified atom stereocenters. The number of amides is 3. The largest absolute Gasteiger partial charge is 0.463 e. The van der Waals surface area contributed by atoms with Crippen LogP contribution in [0.25, 0.3) is 5.70 Å². The summed E-state index contributed by atoms with van der Waals surface area (Å²) in [6.07, 6.45) is 0. The highest BCUT2D eigenvalue weighted by Crippen LogP contribution is 2.38. The maximum atomic E-state index is 13.0. The number of nitro benzene ring substituents is 1. The van der Waals surface area contributed by atoms with Gasteiger partial charge >= 0.3 is 12.0 Å². The summed E-state index contributed by atoms with van der Waals surface area (Å²) in [6.45, 7) is 2.88. The number of imide groups is 1. The molecule has 154 valence electrons. The van der Waals surface area contributed by atoms with Gasteiger partial charge in [-0.3, -0.25) is 19.8 Å². The lowest BCUT2D eigenvalue weighted by atomic mass is 9.91. The van der Waals surface area contributed by atoms with Crippen molar-refractivity contribution in [2.75, 3.05) is 6.61 Å². The number of benzene rings is 2. The monoisotopic (exact) mass is 409 g/mol. The van der Waals surface area contributed by atoms with Crippen LogP contribution in [0.3, 0.4) is 0 Å². The fourth-order valence-electron chi connectivity index (χ4n) is 3.32. The van der Waals surface area contributed by atoms with E-state index in [0.717, 1.165) is 4.90 Å². The quantitative estimate of drug-likeness (QED) is 0.460. The van der Waals surface area contributed by atoms with Gasteiger partial charge in [-0.05, 0) is 18.1 Å². The number of nitrogens with zero attached hydrogens (tertiary/aromatic N) is 2. The second-order valence-electron chi connectivity index (χ2n) is 6.45. The van der Waals surface area contributed by atoms with Crippen LogP contribution < -0.4 is 5.32 Å². The molecule has 3 rings (SSSR count). The van der Waals surface area contributed by atoms with Gasteiger partial charge in [0.25, 0.3) is 5.69 Å². The maximum absolute atomic E-state index is 13.0. The van der Waals surface area contributed by atoms with Crippen molar-refractivity contribution in [3.8, 4) is 0 Å². The summed E-state index contributed by atoms with van der Waals surface area (Å²) in [7, 11) is 0. The van der Waals surface area contributed by atoms with Crippen molar-refractivity contribution >= 4 is 29.3 Å².